The lowest BCUT2D eigenvalue weighted by atomic mass is 10.1. The van der Waals surface area contributed by atoms with Crippen molar-refractivity contribution in [2.75, 3.05) is 7.11 Å². The number of fused-ring (bicyclic) bond motifs is 1. The van der Waals surface area contributed by atoms with Crippen molar-refractivity contribution in [1.82, 2.24) is 4.98 Å². The predicted molar refractivity (Wildman–Crippen MR) is 57.6 cm³/mol. The lowest BCUT2D eigenvalue weighted by molar-refractivity contribution is 0.419. The third-order valence-corrected chi connectivity index (χ3v) is 2.22. The molecule has 0 amide bonds. The lowest BCUT2D eigenvalue weighted by Gasteiger charge is -2.04. The minimum atomic E-state index is 0.327. The Morgan fingerprint density at radius 1 is 1.33 bits per heavy atom. The monoisotopic (exact) mass is 198 g/mol. The van der Waals surface area contributed by atoms with E-state index in [9.17, 15) is 0 Å². The van der Waals surface area contributed by atoms with Crippen LogP contribution in [0.2, 0.25) is 0 Å². The van der Waals surface area contributed by atoms with Crippen LogP contribution in [-0.4, -0.2) is 12.1 Å². The highest BCUT2D eigenvalue weighted by molar-refractivity contribution is 5.84. The minimum Gasteiger partial charge on any atom is -0.494 e. The van der Waals surface area contributed by atoms with E-state index >= 15 is 0 Å². The summed E-state index contributed by atoms with van der Waals surface area (Å²) in [4.78, 5) is 4.39. The summed E-state index contributed by atoms with van der Waals surface area (Å²) in [5.41, 5.74) is 1.59. The van der Waals surface area contributed by atoms with Gasteiger partial charge < -0.3 is 4.74 Å². The first-order chi connectivity index (χ1) is 7.35. The number of nitrogens with zero attached hydrogens (tertiary/aromatic N) is 2. The number of aromatic nitrogens is 1. The summed E-state index contributed by atoms with van der Waals surface area (Å²) >= 11 is 0. The van der Waals surface area contributed by atoms with Gasteiger partial charge >= 0.3 is 0 Å². The van der Waals surface area contributed by atoms with Crippen LogP contribution in [0.3, 0.4) is 0 Å². The van der Waals surface area contributed by atoms with E-state index in [1.807, 2.05) is 30.3 Å². The average molecular weight is 198 g/mol. The van der Waals surface area contributed by atoms with E-state index in [1.54, 1.807) is 7.11 Å². The average Bonchev–Trinajstić information content (AvgIpc) is 2.28. The molecule has 0 saturated heterocycles. The van der Waals surface area contributed by atoms with Crippen molar-refractivity contribution in [3.8, 4) is 11.8 Å². The van der Waals surface area contributed by atoms with Gasteiger partial charge in [0.25, 0.3) is 0 Å². The van der Waals surface area contributed by atoms with Gasteiger partial charge in [-0.15, -0.1) is 0 Å². The summed E-state index contributed by atoms with van der Waals surface area (Å²) in [6, 6.07) is 11.7. The van der Waals surface area contributed by atoms with Crippen LogP contribution in [0.15, 0.2) is 30.3 Å². The SMILES string of the molecule is COc1cccc2ccc(CC#N)nc12. The van der Waals surface area contributed by atoms with Gasteiger partial charge in [0.05, 0.1) is 25.3 Å². The van der Waals surface area contributed by atoms with Crippen LogP contribution in [0.1, 0.15) is 5.69 Å². The van der Waals surface area contributed by atoms with Gasteiger partial charge in [0.15, 0.2) is 0 Å². The highest BCUT2D eigenvalue weighted by atomic mass is 16.5. The van der Waals surface area contributed by atoms with E-state index in [2.05, 4.69) is 11.1 Å². The van der Waals surface area contributed by atoms with Crippen LogP contribution in [0.25, 0.3) is 10.9 Å². The number of methoxy groups -OCH3 is 1. The van der Waals surface area contributed by atoms with Gasteiger partial charge in [-0.05, 0) is 12.1 Å². The first-order valence-electron chi connectivity index (χ1n) is 4.65. The maximum Gasteiger partial charge on any atom is 0.145 e. The van der Waals surface area contributed by atoms with Crippen molar-refractivity contribution in [3.63, 3.8) is 0 Å². The molecule has 0 bridgehead atoms. The molecule has 0 aliphatic carbocycles. The predicted octanol–water partition coefficient (Wildman–Crippen LogP) is 2.31. The second-order valence-corrected chi connectivity index (χ2v) is 3.17. The highest BCUT2D eigenvalue weighted by Crippen LogP contribution is 2.23. The molecule has 0 aliphatic heterocycles. The first kappa shape index (κ1) is 9.47. The largest absolute Gasteiger partial charge is 0.494 e. The molecule has 15 heavy (non-hydrogen) atoms. The molecule has 0 unspecified atom stereocenters. The van der Waals surface area contributed by atoms with Gasteiger partial charge in [-0.25, -0.2) is 4.98 Å². The molecule has 2 aromatic rings. The lowest BCUT2D eigenvalue weighted by Crippen LogP contribution is -1.91. The van der Waals surface area contributed by atoms with E-state index in [1.165, 1.54) is 0 Å². The Balaban J connectivity index is 2.63. The Bertz CT molecular complexity index is 529. The quantitative estimate of drug-likeness (QED) is 0.743. The van der Waals surface area contributed by atoms with Gasteiger partial charge in [-0.1, -0.05) is 18.2 Å². The van der Waals surface area contributed by atoms with Crippen LogP contribution < -0.4 is 4.74 Å². The topological polar surface area (TPSA) is 45.9 Å². The minimum absolute atomic E-state index is 0.327. The normalized spacial score (nSPS) is 9.87. The molecule has 0 fully saturated rings. The molecular weight excluding hydrogens is 188 g/mol. The van der Waals surface area contributed by atoms with Crippen molar-refractivity contribution in [2.24, 2.45) is 0 Å². The molecule has 3 heteroatoms. The number of hydrogen-bond acceptors (Lipinski definition) is 3. The van der Waals surface area contributed by atoms with Crippen molar-refractivity contribution in [3.05, 3.63) is 36.0 Å². The second-order valence-electron chi connectivity index (χ2n) is 3.17. The third kappa shape index (κ3) is 1.75. The molecule has 1 aromatic heterocycles. The summed E-state index contributed by atoms with van der Waals surface area (Å²) in [5.74, 6) is 0.743. The zero-order valence-corrected chi connectivity index (χ0v) is 8.40. The summed E-state index contributed by atoms with van der Waals surface area (Å²) < 4.78 is 5.22. The van der Waals surface area contributed by atoms with E-state index in [4.69, 9.17) is 10.00 Å². The molecule has 0 saturated carbocycles. The van der Waals surface area contributed by atoms with E-state index in [0.717, 1.165) is 22.3 Å². The van der Waals surface area contributed by atoms with Gasteiger partial charge in [0, 0.05) is 5.39 Å². The van der Waals surface area contributed by atoms with Crippen molar-refractivity contribution >= 4 is 10.9 Å². The maximum absolute atomic E-state index is 8.60. The van der Waals surface area contributed by atoms with Crippen LogP contribution in [0.5, 0.6) is 5.75 Å². The smallest absolute Gasteiger partial charge is 0.145 e. The number of benzene rings is 1. The zero-order valence-electron chi connectivity index (χ0n) is 8.40. The number of rotatable bonds is 2. The third-order valence-electron chi connectivity index (χ3n) is 2.22. The van der Waals surface area contributed by atoms with E-state index < -0.39 is 0 Å². The molecule has 0 radical (unpaired) electrons. The van der Waals surface area contributed by atoms with E-state index in [0.29, 0.717) is 6.42 Å². The van der Waals surface area contributed by atoms with Crippen LogP contribution >= 0.6 is 0 Å². The highest BCUT2D eigenvalue weighted by Gasteiger charge is 2.03. The van der Waals surface area contributed by atoms with Crippen LogP contribution in [0, 0.1) is 11.3 Å². The van der Waals surface area contributed by atoms with Crippen molar-refractivity contribution < 1.29 is 4.74 Å². The number of nitriles is 1. The molecule has 0 atom stereocenters. The summed E-state index contributed by atoms with van der Waals surface area (Å²) in [6.07, 6.45) is 0.327. The second kappa shape index (κ2) is 3.97. The Labute approximate surface area is 87.9 Å². The van der Waals surface area contributed by atoms with Crippen LogP contribution in [0.4, 0.5) is 0 Å². The molecule has 3 nitrogen and oxygen atoms in total. The van der Waals surface area contributed by atoms with Gasteiger partial charge in [0.2, 0.25) is 0 Å². The summed E-state index contributed by atoms with van der Waals surface area (Å²) in [6.45, 7) is 0. The fraction of sp³-hybridized carbons (Fsp3) is 0.167. The molecular formula is C12H10N2O. The van der Waals surface area contributed by atoms with Crippen molar-refractivity contribution in [1.29, 1.82) is 5.26 Å². The van der Waals surface area contributed by atoms with E-state index in [-0.39, 0.29) is 0 Å². The Hall–Kier alpha value is -2.08. The van der Waals surface area contributed by atoms with Gasteiger partial charge in [0.1, 0.15) is 11.3 Å². The zero-order chi connectivity index (χ0) is 10.7. The standard InChI is InChI=1S/C12H10N2O/c1-15-11-4-2-3-9-5-6-10(7-8-13)14-12(9)11/h2-6H,7H2,1H3. The number of pyridine rings is 1. The Morgan fingerprint density at radius 3 is 2.93 bits per heavy atom. The molecule has 0 N–H and O–H groups in total. The molecule has 0 aliphatic rings. The maximum atomic E-state index is 8.60. The Kier molecular flexibility index (Phi) is 2.51. The summed E-state index contributed by atoms with van der Waals surface area (Å²) in [5, 5.41) is 9.62. The van der Waals surface area contributed by atoms with Crippen LogP contribution in [-0.2, 0) is 6.42 Å². The molecule has 74 valence electrons. The fourth-order valence-corrected chi connectivity index (χ4v) is 1.50. The van der Waals surface area contributed by atoms with Gasteiger partial charge in [-0.2, -0.15) is 5.26 Å². The molecule has 0 spiro atoms. The number of para-hydroxylation sites is 1. The Morgan fingerprint density at radius 2 is 2.20 bits per heavy atom. The molecule has 1 aromatic carbocycles. The number of hydrogen-bond donors (Lipinski definition) is 0. The first-order valence-corrected chi connectivity index (χ1v) is 4.65. The fourth-order valence-electron chi connectivity index (χ4n) is 1.50. The number of ether oxygens (including phenoxy) is 1. The van der Waals surface area contributed by atoms with Gasteiger partial charge in [-0.3, -0.25) is 0 Å². The van der Waals surface area contributed by atoms with Crippen molar-refractivity contribution in [2.45, 2.75) is 6.42 Å². The molecule has 1 heterocycles. The summed E-state index contributed by atoms with van der Waals surface area (Å²) in [7, 11) is 1.62. The molecule has 2 rings (SSSR count).